The number of unbranched alkanes of at least 4 members (excludes halogenated alkanes) is 11. The van der Waals surface area contributed by atoms with Gasteiger partial charge in [-0.2, -0.15) is 0 Å². The lowest BCUT2D eigenvalue weighted by Gasteiger charge is -2.28. The normalized spacial score (nSPS) is 12.9. The molecule has 0 amide bonds. The smallest absolute Gasteiger partial charge is 0.307 e. The van der Waals surface area contributed by atoms with Crippen molar-refractivity contribution in [2.45, 2.75) is 109 Å². The summed E-state index contributed by atoms with van der Waals surface area (Å²) in [5, 5.41) is 9.01. The third-order valence-corrected chi connectivity index (χ3v) is 5.09. The summed E-state index contributed by atoms with van der Waals surface area (Å²) in [5.74, 6) is -1.20. The average Bonchev–Trinajstić information content (AvgIpc) is 2.63. The fraction of sp³-hybridized carbons (Fsp3) is 0.840. The predicted octanol–water partition coefficient (Wildman–Crippen LogP) is 6.12. The molecule has 0 aliphatic heterocycles. The standard InChI is InChI=1S/C25H47NO4/c1-5-6-7-8-9-10-11-12-13-14-15-16-17-18-19-20-25(29)30-23(21-24(27)28)22-26(2,3)4/h12-13,23H,5-11,14-22H2,1-4H3/p+1/b13-12+. The Bertz CT molecular complexity index is 468. The minimum atomic E-state index is -0.928. The summed E-state index contributed by atoms with van der Waals surface area (Å²) in [6.07, 6.45) is 20.2. The molecule has 0 bridgehead atoms. The van der Waals surface area contributed by atoms with Crippen LogP contribution in [0, 0.1) is 0 Å². The molecule has 176 valence electrons. The van der Waals surface area contributed by atoms with Crippen LogP contribution < -0.4 is 0 Å². The van der Waals surface area contributed by atoms with E-state index in [4.69, 9.17) is 9.84 Å². The van der Waals surface area contributed by atoms with Crippen LogP contribution in [-0.4, -0.2) is 55.3 Å². The lowest BCUT2D eigenvalue weighted by atomic mass is 10.1. The highest BCUT2D eigenvalue weighted by Gasteiger charge is 2.24. The number of carboxylic acid groups (broad SMARTS) is 1. The number of hydrogen-bond donors (Lipinski definition) is 1. The van der Waals surface area contributed by atoms with E-state index in [0.717, 1.165) is 25.7 Å². The van der Waals surface area contributed by atoms with Crippen molar-refractivity contribution in [3.8, 4) is 0 Å². The van der Waals surface area contributed by atoms with Crippen molar-refractivity contribution in [2.75, 3.05) is 27.7 Å². The molecule has 0 fully saturated rings. The summed E-state index contributed by atoms with van der Waals surface area (Å²) < 4.78 is 5.98. The van der Waals surface area contributed by atoms with Gasteiger partial charge in [-0.1, -0.05) is 70.4 Å². The van der Waals surface area contributed by atoms with Gasteiger partial charge in [-0.25, -0.2) is 0 Å². The van der Waals surface area contributed by atoms with E-state index in [2.05, 4.69) is 19.1 Å². The maximum Gasteiger partial charge on any atom is 0.307 e. The fourth-order valence-electron chi connectivity index (χ4n) is 3.53. The van der Waals surface area contributed by atoms with Crippen molar-refractivity contribution in [3.05, 3.63) is 12.2 Å². The molecule has 0 aliphatic rings. The molecule has 0 radical (unpaired) electrons. The first-order chi connectivity index (χ1) is 14.2. The minimum Gasteiger partial charge on any atom is -0.481 e. The molecule has 0 aromatic rings. The highest BCUT2D eigenvalue weighted by molar-refractivity contribution is 5.71. The molecule has 5 nitrogen and oxygen atoms in total. The second-order valence-corrected chi connectivity index (χ2v) is 9.52. The lowest BCUT2D eigenvalue weighted by molar-refractivity contribution is -0.873. The van der Waals surface area contributed by atoms with Gasteiger partial charge in [0.15, 0.2) is 6.10 Å². The van der Waals surface area contributed by atoms with E-state index in [1.54, 1.807) is 0 Å². The molecule has 0 aromatic heterocycles. The highest BCUT2D eigenvalue weighted by atomic mass is 16.5. The van der Waals surface area contributed by atoms with Crippen LogP contribution in [0.5, 0.6) is 0 Å². The molecule has 0 saturated heterocycles. The van der Waals surface area contributed by atoms with E-state index in [-0.39, 0.29) is 12.4 Å². The number of carboxylic acids is 1. The zero-order valence-corrected chi connectivity index (χ0v) is 20.2. The number of nitrogens with zero attached hydrogens (tertiary/aromatic N) is 1. The molecule has 30 heavy (non-hydrogen) atoms. The van der Waals surface area contributed by atoms with E-state index in [1.807, 2.05) is 21.1 Å². The van der Waals surface area contributed by atoms with E-state index in [0.29, 0.717) is 17.4 Å². The highest BCUT2D eigenvalue weighted by Crippen LogP contribution is 2.12. The van der Waals surface area contributed by atoms with Crippen LogP contribution in [0.15, 0.2) is 12.2 Å². The number of quaternary nitrogens is 1. The zero-order valence-electron chi connectivity index (χ0n) is 20.2. The molecule has 1 N–H and O–H groups in total. The number of rotatable bonds is 20. The first-order valence-electron chi connectivity index (χ1n) is 12.1. The fourth-order valence-corrected chi connectivity index (χ4v) is 3.53. The van der Waals surface area contributed by atoms with E-state index < -0.39 is 12.1 Å². The van der Waals surface area contributed by atoms with Crippen molar-refractivity contribution in [1.29, 1.82) is 0 Å². The Morgan fingerprint density at radius 2 is 1.33 bits per heavy atom. The summed E-state index contributed by atoms with van der Waals surface area (Å²) >= 11 is 0. The molecule has 1 atom stereocenters. The van der Waals surface area contributed by atoms with Crippen LogP contribution in [0.25, 0.3) is 0 Å². The third kappa shape index (κ3) is 21.4. The van der Waals surface area contributed by atoms with Gasteiger partial charge in [-0.15, -0.1) is 0 Å². The van der Waals surface area contributed by atoms with E-state index >= 15 is 0 Å². The Labute approximate surface area is 185 Å². The van der Waals surface area contributed by atoms with E-state index in [9.17, 15) is 9.59 Å². The third-order valence-electron chi connectivity index (χ3n) is 5.09. The molecule has 0 spiro atoms. The molecule has 0 saturated carbocycles. The van der Waals surface area contributed by atoms with Crippen LogP contribution in [0.3, 0.4) is 0 Å². The Morgan fingerprint density at radius 1 is 0.833 bits per heavy atom. The van der Waals surface area contributed by atoms with E-state index in [1.165, 1.54) is 57.8 Å². The Hall–Kier alpha value is -1.36. The van der Waals surface area contributed by atoms with Gasteiger partial charge in [0.2, 0.25) is 0 Å². The van der Waals surface area contributed by atoms with Gasteiger partial charge in [-0.3, -0.25) is 9.59 Å². The van der Waals surface area contributed by atoms with Gasteiger partial charge >= 0.3 is 11.9 Å². The maximum atomic E-state index is 12.0. The zero-order chi connectivity index (χ0) is 22.7. The van der Waals surface area contributed by atoms with Gasteiger partial charge in [0.05, 0.1) is 27.6 Å². The van der Waals surface area contributed by atoms with Crippen LogP contribution in [0.4, 0.5) is 0 Å². The first kappa shape index (κ1) is 28.6. The number of carbonyl (C=O) groups excluding carboxylic acids is 1. The summed E-state index contributed by atoms with van der Waals surface area (Å²) in [6, 6.07) is 0. The molecule has 0 aliphatic carbocycles. The number of allylic oxidation sites excluding steroid dienone is 2. The second kappa shape index (κ2) is 18.4. The van der Waals surface area contributed by atoms with Crippen molar-refractivity contribution in [2.24, 2.45) is 0 Å². The molecular formula is C25H48NO4+. The predicted molar refractivity (Wildman–Crippen MR) is 124 cm³/mol. The minimum absolute atomic E-state index is 0.131. The van der Waals surface area contributed by atoms with Crippen molar-refractivity contribution in [3.63, 3.8) is 0 Å². The molecule has 0 heterocycles. The monoisotopic (exact) mass is 426 g/mol. The Morgan fingerprint density at radius 3 is 1.83 bits per heavy atom. The molecule has 0 aromatic carbocycles. The van der Waals surface area contributed by atoms with Gasteiger partial charge in [0.25, 0.3) is 0 Å². The van der Waals surface area contributed by atoms with Gasteiger partial charge < -0.3 is 14.3 Å². The quantitative estimate of drug-likeness (QED) is 0.110. The van der Waals surface area contributed by atoms with Crippen LogP contribution in [-0.2, 0) is 14.3 Å². The molecule has 0 rings (SSSR count). The van der Waals surface area contributed by atoms with Crippen LogP contribution in [0.2, 0.25) is 0 Å². The Kier molecular flexibility index (Phi) is 17.6. The van der Waals surface area contributed by atoms with Crippen molar-refractivity contribution < 1.29 is 23.9 Å². The summed E-state index contributed by atoms with van der Waals surface area (Å²) in [7, 11) is 5.89. The van der Waals surface area contributed by atoms with Crippen molar-refractivity contribution in [1.82, 2.24) is 0 Å². The largest absolute Gasteiger partial charge is 0.481 e. The van der Waals surface area contributed by atoms with Crippen LogP contribution >= 0.6 is 0 Å². The number of esters is 1. The van der Waals surface area contributed by atoms with Gasteiger partial charge in [0, 0.05) is 6.42 Å². The number of ether oxygens (including phenoxy) is 1. The number of hydrogen-bond acceptors (Lipinski definition) is 3. The lowest BCUT2D eigenvalue weighted by Crippen LogP contribution is -2.43. The number of carbonyl (C=O) groups is 2. The first-order valence-corrected chi connectivity index (χ1v) is 12.1. The Balaban J connectivity index is 3.65. The number of likely N-dealkylation sites (N-methyl/N-ethyl adjacent to an activating group) is 1. The second-order valence-electron chi connectivity index (χ2n) is 9.52. The van der Waals surface area contributed by atoms with Gasteiger partial charge in [0.1, 0.15) is 6.54 Å². The molecule has 1 unspecified atom stereocenters. The summed E-state index contributed by atoms with van der Waals surface area (Å²) in [5.41, 5.74) is 0. The maximum absolute atomic E-state index is 12.0. The molecular weight excluding hydrogens is 378 g/mol. The number of aliphatic carboxylic acids is 1. The SMILES string of the molecule is CCCCCCCC/C=C/CCCCCCCC(=O)OC(CC(=O)O)C[N+](C)(C)C. The summed E-state index contributed by atoms with van der Waals surface area (Å²) in [6.45, 7) is 2.76. The average molecular weight is 427 g/mol. The molecule has 5 heteroatoms. The summed E-state index contributed by atoms with van der Waals surface area (Å²) in [4.78, 5) is 23.0. The van der Waals surface area contributed by atoms with Crippen LogP contribution in [0.1, 0.15) is 103 Å². The topological polar surface area (TPSA) is 63.6 Å². The van der Waals surface area contributed by atoms with Gasteiger partial charge in [-0.05, 0) is 32.1 Å². The van der Waals surface area contributed by atoms with Crippen molar-refractivity contribution >= 4 is 11.9 Å².